The van der Waals surface area contributed by atoms with E-state index in [2.05, 4.69) is 0 Å². The molecular weight excluding hydrogens is 228 g/mol. The average molecular weight is 246 g/mol. The van der Waals surface area contributed by atoms with Gasteiger partial charge in [0.25, 0.3) is 0 Å². The zero-order valence-electron chi connectivity index (χ0n) is 10.7. The van der Waals surface area contributed by atoms with E-state index in [-0.39, 0.29) is 24.6 Å². The number of ether oxygens (including phenoxy) is 1. The molecule has 1 aromatic carbocycles. The SMILES string of the molecule is CCOC(=O)CCC(=O)c1ccc2c(c1)CCC2. The van der Waals surface area contributed by atoms with Gasteiger partial charge in [0.2, 0.25) is 0 Å². The van der Waals surface area contributed by atoms with Crippen LogP contribution < -0.4 is 0 Å². The third-order valence-electron chi connectivity index (χ3n) is 3.28. The minimum atomic E-state index is -0.299. The summed E-state index contributed by atoms with van der Waals surface area (Å²) < 4.78 is 4.81. The van der Waals surface area contributed by atoms with Crippen molar-refractivity contribution < 1.29 is 14.3 Å². The van der Waals surface area contributed by atoms with Gasteiger partial charge in [0.15, 0.2) is 5.78 Å². The van der Waals surface area contributed by atoms with Gasteiger partial charge in [0.1, 0.15) is 0 Å². The molecule has 3 heteroatoms. The zero-order chi connectivity index (χ0) is 13.0. The van der Waals surface area contributed by atoms with Crippen LogP contribution in [0, 0.1) is 0 Å². The fraction of sp³-hybridized carbons (Fsp3) is 0.467. The Kier molecular flexibility index (Phi) is 4.13. The molecule has 0 unspecified atom stereocenters. The molecule has 18 heavy (non-hydrogen) atoms. The van der Waals surface area contributed by atoms with E-state index in [0.717, 1.165) is 18.4 Å². The number of rotatable bonds is 5. The maximum atomic E-state index is 11.9. The minimum Gasteiger partial charge on any atom is -0.466 e. The highest BCUT2D eigenvalue weighted by molar-refractivity contribution is 5.97. The van der Waals surface area contributed by atoms with E-state index in [1.807, 2.05) is 18.2 Å². The monoisotopic (exact) mass is 246 g/mol. The van der Waals surface area contributed by atoms with Crippen LogP contribution in [0.1, 0.15) is 47.7 Å². The molecular formula is C15H18O3. The molecule has 2 rings (SSSR count). The average Bonchev–Trinajstić information content (AvgIpc) is 2.83. The van der Waals surface area contributed by atoms with Crippen molar-refractivity contribution in [1.29, 1.82) is 0 Å². The third-order valence-corrected chi connectivity index (χ3v) is 3.28. The first-order valence-electron chi connectivity index (χ1n) is 6.51. The van der Waals surface area contributed by atoms with Crippen LogP contribution in [0.2, 0.25) is 0 Å². The van der Waals surface area contributed by atoms with E-state index in [1.165, 1.54) is 17.5 Å². The Morgan fingerprint density at radius 3 is 2.72 bits per heavy atom. The number of benzene rings is 1. The minimum absolute atomic E-state index is 0.0257. The summed E-state index contributed by atoms with van der Waals surface area (Å²) in [5.74, 6) is -0.273. The van der Waals surface area contributed by atoms with Gasteiger partial charge >= 0.3 is 5.97 Å². The molecule has 3 nitrogen and oxygen atoms in total. The smallest absolute Gasteiger partial charge is 0.306 e. The Bertz CT molecular complexity index is 463. The molecule has 1 aromatic rings. The van der Waals surface area contributed by atoms with E-state index < -0.39 is 0 Å². The predicted octanol–water partition coefficient (Wildman–Crippen LogP) is 2.70. The molecule has 0 bridgehead atoms. The summed E-state index contributed by atoms with van der Waals surface area (Å²) in [4.78, 5) is 23.1. The van der Waals surface area contributed by atoms with Crippen molar-refractivity contribution in [2.45, 2.75) is 39.0 Å². The zero-order valence-corrected chi connectivity index (χ0v) is 10.7. The molecule has 1 aliphatic carbocycles. The van der Waals surface area contributed by atoms with Gasteiger partial charge in [-0.3, -0.25) is 9.59 Å². The number of carbonyl (C=O) groups is 2. The second-order valence-corrected chi connectivity index (χ2v) is 4.57. The van der Waals surface area contributed by atoms with Crippen LogP contribution in [0.4, 0.5) is 0 Å². The van der Waals surface area contributed by atoms with E-state index in [9.17, 15) is 9.59 Å². The molecule has 0 saturated heterocycles. The second-order valence-electron chi connectivity index (χ2n) is 4.57. The molecule has 0 fully saturated rings. The number of fused-ring (bicyclic) bond motifs is 1. The summed E-state index contributed by atoms with van der Waals surface area (Å²) in [7, 11) is 0. The Hall–Kier alpha value is -1.64. The Balaban J connectivity index is 1.95. The summed E-state index contributed by atoms with van der Waals surface area (Å²) in [5, 5.41) is 0. The number of carbonyl (C=O) groups excluding carboxylic acids is 2. The second kappa shape index (κ2) is 5.80. The van der Waals surface area contributed by atoms with Crippen LogP contribution in [0.25, 0.3) is 0 Å². The summed E-state index contributed by atoms with van der Waals surface area (Å²) in [6.45, 7) is 2.13. The first-order valence-corrected chi connectivity index (χ1v) is 6.51. The Morgan fingerprint density at radius 2 is 1.94 bits per heavy atom. The van der Waals surface area contributed by atoms with Gasteiger partial charge in [-0.05, 0) is 43.4 Å². The predicted molar refractivity (Wildman–Crippen MR) is 68.7 cm³/mol. The normalized spacial score (nSPS) is 13.2. The number of Topliss-reactive ketones (excluding diaryl/α,β-unsaturated/α-hetero) is 1. The Morgan fingerprint density at radius 1 is 1.17 bits per heavy atom. The van der Waals surface area contributed by atoms with Gasteiger partial charge < -0.3 is 4.74 Å². The maximum absolute atomic E-state index is 11.9. The molecule has 1 aliphatic rings. The standard InChI is InChI=1S/C15H18O3/c1-2-18-15(17)9-8-14(16)13-7-6-11-4-3-5-12(11)10-13/h6-7,10H,2-5,8-9H2,1H3. The lowest BCUT2D eigenvalue weighted by Gasteiger charge is -2.04. The van der Waals surface area contributed by atoms with Crippen molar-refractivity contribution in [3.8, 4) is 0 Å². The Labute approximate surface area is 107 Å². The third kappa shape index (κ3) is 2.97. The summed E-state index contributed by atoms with van der Waals surface area (Å²) in [5.41, 5.74) is 3.37. The number of hydrogen-bond donors (Lipinski definition) is 0. The fourth-order valence-corrected chi connectivity index (χ4v) is 2.34. The molecule has 0 N–H and O–H groups in total. The van der Waals surface area contributed by atoms with Gasteiger partial charge in [-0.2, -0.15) is 0 Å². The van der Waals surface area contributed by atoms with E-state index >= 15 is 0 Å². The first-order chi connectivity index (χ1) is 8.70. The highest BCUT2D eigenvalue weighted by Gasteiger charge is 2.14. The van der Waals surface area contributed by atoms with Gasteiger partial charge in [0, 0.05) is 12.0 Å². The van der Waals surface area contributed by atoms with Gasteiger partial charge in [-0.1, -0.05) is 12.1 Å². The van der Waals surface area contributed by atoms with Crippen LogP contribution >= 0.6 is 0 Å². The van der Waals surface area contributed by atoms with E-state index in [0.29, 0.717) is 6.61 Å². The topological polar surface area (TPSA) is 43.4 Å². The number of esters is 1. The van der Waals surface area contributed by atoms with Crippen molar-refractivity contribution in [2.24, 2.45) is 0 Å². The lowest BCUT2D eigenvalue weighted by atomic mass is 10.0. The molecule has 0 heterocycles. The van der Waals surface area contributed by atoms with Crippen LogP contribution in [-0.4, -0.2) is 18.4 Å². The molecule has 0 spiro atoms. The lowest BCUT2D eigenvalue weighted by molar-refractivity contribution is -0.143. The molecule has 0 amide bonds. The van der Waals surface area contributed by atoms with Crippen LogP contribution in [0.5, 0.6) is 0 Å². The first kappa shape index (κ1) is 12.8. The van der Waals surface area contributed by atoms with Gasteiger partial charge in [-0.25, -0.2) is 0 Å². The van der Waals surface area contributed by atoms with Crippen molar-refractivity contribution in [3.05, 3.63) is 34.9 Å². The summed E-state index contributed by atoms with van der Waals surface area (Å²) >= 11 is 0. The van der Waals surface area contributed by atoms with Crippen molar-refractivity contribution in [3.63, 3.8) is 0 Å². The summed E-state index contributed by atoms with van der Waals surface area (Å²) in [6, 6.07) is 5.90. The number of hydrogen-bond acceptors (Lipinski definition) is 3. The molecule has 0 radical (unpaired) electrons. The van der Waals surface area contributed by atoms with Crippen molar-refractivity contribution >= 4 is 11.8 Å². The van der Waals surface area contributed by atoms with E-state index in [4.69, 9.17) is 4.74 Å². The molecule has 0 aromatic heterocycles. The maximum Gasteiger partial charge on any atom is 0.306 e. The van der Waals surface area contributed by atoms with E-state index in [1.54, 1.807) is 6.92 Å². The van der Waals surface area contributed by atoms with Crippen molar-refractivity contribution in [1.82, 2.24) is 0 Å². The van der Waals surface area contributed by atoms with Gasteiger partial charge in [-0.15, -0.1) is 0 Å². The highest BCUT2D eigenvalue weighted by Crippen LogP contribution is 2.23. The van der Waals surface area contributed by atoms with Crippen LogP contribution in [-0.2, 0) is 22.4 Å². The number of aryl methyl sites for hydroxylation is 2. The highest BCUT2D eigenvalue weighted by atomic mass is 16.5. The number of ketones is 1. The fourth-order valence-electron chi connectivity index (χ4n) is 2.34. The molecule has 0 aliphatic heterocycles. The van der Waals surface area contributed by atoms with Gasteiger partial charge in [0.05, 0.1) is 13.0 Å². The van der Waals surface area contributed by atoms with Crippen LogP contribution in [0.3, 0.4) is 0 Å². The molecule has 0 atom stereocenters. The largest absolute Gasteiger partial charge is 0.466 e. The lowest BCUT2D eigenvalue weighted by Crippen LogP contribution is -2.08. The van der Waals surface area contributed by atoms with Crippen LogP contribution in [0.15, 0.2) is 18.2 Å². The quantitative estimate of drug-likeness (QED) is 0.592. The van der Waals surface area contributed by atoms with Crippen molar-refractivity contribution in [2.75, 3.05) is 6.61 Å². The molecule has 0 saturated carbocycles. The summed E-state index contributed by atoms with van der Waals surface area (Å²) in [6.07, 6.45) is 3.76. The molecule has 96 valence electrons.